The number of Topliss-reactive ketones (excluding diaryl/α,β-unsaturated/α-hetero) is 1. The van der Waals surface area contributed by atoms with Crippen molar-refractivity contribution in [3.05, 3.63) is 81.8 Å². The van der Waals surface area contributed by atoms with Crippen LogP contribution < -0.4 is 10.9 Å². The van der Waals surface area contributed by atoms with Crippen LogP contribution in [0.4, 0.5) is 8.78 Å². The maximum Gasteiger partial charge on any atom is 0.259 e. The summed E-state index contributed by atoms with van der Waals surface area (Å²) in [5.41, 5.74) is 1.22. The molecule has 1 aliphatic carbocycles. The van der Waals surface area contributed by atoms with E-state index in [0.29, 0.717) is 24.0 Å². The monoisotopic (exact) mass is 579 g/mol. The molecule has 1 saturated heterocycles. The molecule has 0 spiro atoms. The lowest BCUT2D eigenvalue weighted by Crippen LogP contribution is -2.43. The van der Waals surface area contributed by atoms with E-state index in [1.54, 1.807) is 4.57 Å². The number of hydrogen-bond acceptors (Lipinski definition) is 4. The number of nitrogens with one attached hydrogen (secondary N) is 1. The van der Waals surface area contributed by atoms with E-state index in [1.165, 1.54) is 18.6 Å². The smallest absolute Gasteiger partial charge is 0.259 e. The fraction of sp³-hybridized carbons (Fsp3) is 0.500. The van der Waals surface area contributed by atoms with Crippen LogP contribution in [-0.2, 0) is 16.1 Å². The second-order valence-electron chi connectivity index (χ2n) is 12.3. The second-order valence-corrected chi connectivity index (χ2v) is 12.3. The van der Waals surface area contributed by atoms with Gasteiger partial charge in [0.2, 0.25) is 5.91 Å². The minimum atomic E-state index is -0.637. The van der Waals surface area contributed by atoms with Crippen molar-refractivity contribution >= 4 is 22.5 Å². The molecule has 1 saturated carbocycles. The number of nitrogens with zero attached hydrogens (tertiary/aromatic N) is 2. The highest BCUT2D eigenvalue weighted by Crippen LogP contribution is 2.36. The highest BCUT2D eigenvalue weighted by Gasteiger charge is 2.33. The largest absolute Gasteiger partial charge is 0.341 e. The van der Waals surface area contributed by atoms with Crippen LogP contribution in [0.2, 0.25) is 0 Å². The number of amides is 1. The topological polar surface area (TPSA) is 71.4 Å². The van der Waals surface area contributed by atoms with Crippen molar-refractivity contribution in [2.75, 3.05) is 19.6 Å². The molecule has 1 aliphatic heterocycles. The second kappa shape index (κ2) is 13.3. The molecule has 0 bridgehead atoms. The van der Waals surface area contributed by atoms with Gasteiger partial charge in [-0.15, -0.1) is 0 Å². The summed E-state index contributed by atoms with van der Waals surface area (Å²) in [6.45, 7) is 5.18. The molecule has 226 valence electrons. The van der Waals surface area contributed by atoms with Crippen molar-refractivity contribution in [2.24, 2.45) is 11.8 Å². The Morgan fingerprint density at radius 2 is 1.79 bits per heavy atom. The molecule has 5 rings (SSSR count). The quantitative estimate of drug-likeness (QED) is 0.320. The number of benzene rings is 2. The summed E-state index contributed by atoms with van der Waals surface area (Å²) in [7, 11) is 0. The number of piperidine rings is 1. The van der Waals surface area contributed by atoms with Crippen LogP contribution in [0.3, 0.4) is 0 Å². The molecular weight excluding hydrogens is 536 g/mol. The Morgan fingerprint density at radius 3 is 2.52 bits per heavy atom. The Morgan fingerprint density at radius 1 is 1.00 bits per heavy atom. The van der Waals surface area contributed by atoms with E-state index in [1.807, 2.05) is 49.2 Å². The minimum absolute atomic E-state index is 0. The van der Waals surface area contributed by atoms with Gasteiger partial charge >= 0.3 is 0 Å². The number of fused-ring (bicyclic) bond motifs is 1. The molecule has 3 aromatic rings. The summed E-state index contributed by atoms with van der Waals surface area (Å²) >= 11 is 0. The van der Waals surface area contributed by atoms with Gasteiger partial charge in [0.1, 0.15) is 11.6 Å². The zero-order valence-electron chi connectivity index (χ0n) is 24.6. The first-order valence-electron chi connectivity index (χ1n) is 15.3. The van der Waals surface area contributed by atoms with E-state index >= 15 is 0 Å². The number of aromatic nitrogens is 1. The Hall–Kier alpha value is -3.39. The zero-order valence-corrected chi connectivity index (χ0v) is 24.6. The van der Waals surface area contributed by atoms with Crippen LogP contribution in [0.25, 0.3) is 10.8 Å². The predicted octanol–water partition coefficient (Wildman–Crippen LogP) is 6.37. The number of carbonyl (C=O) groups excluding carboxylic acids is 2. The van der Waals surface area contributed by atoms with E-state index < -0.39 is 17.7 Å². The maximum atomic E-state index is 13.9. The zero-order chi connectivity index (χ0) is 29.8. The first kappa shape index (κ1) is 30.1. The lowest BCUT2D eigenvalue weighted by molar-refractivity contribution is -0.131. The summed E-state index contributed by atoms with van der Waals surface area (Å²) < 4.78 is 28.8. The SMILES string of the molecule is CC(C)C(=O)[C@@H](C1CCCCC1)n1ccc2c(C3CCCN(C(=O)CNCc4ccc(F)cc4F)C3)cccc2c1=O.[HH]. The van der Waals surface area contributed by atoms with Gasteiger partial charge in [0.05, 0.1) is 12.6 Å². The van der Waals surface area contributed by atoms with Gasteiger partial charge in [-0.3, -0.25) is 14.4 Å². The van der Waals surface area contributed by atoms with Gasteiger partial charge in [-0.1, -0.05) is 51.3 Å². The number of hydrogen-bond donors (Lipinski definition) is 1. The number of halogens is 2. The molecule has 1 unspecified atom stereocenters. The normalized spacial score (nSPS) is 18.9. The minimum Gasteiger partial charge on any atom is -0.341 e. The Bertz CT molecular complexity index is 1500. The third-order valence-electron chi connectivity index (χ3n) is 9.08. The van der Waals surface area contributed by atoms with Gasteiger partial charge in [-0.25, -0.2) is 8.78 Å². The van der Waals surface area contributed by atoms with Crippen LogP contribution in [0, 0.1) is 23.5 Å². The first-order valence-corrected chi connectivity index (χ1v) is 15.3. The Kier molecular flexibility index (Phi) is 9.51. The number of rotatable bonds is 9. The molecule has 2 fully saturated rings. The van der Waals surface area contributed by atoms with Crippen LogP contribution in [-0.4, -0.2) is 40.8 Å². The first-order chi connectivity index (χ1) is 20.2. The van der Waals surface area contributed by atoms with Crippen molar-refractivity contribution in [1.29, 1.82) is 0 Å². The molecule has 2 atom stereocenters. The molecule has 2 aliphatic rings. The van der Waals surface area contributed by atoms with E-state index in [0.717, 1.165) is 55.5 Å². The standard InChI is InChI=1S/C34H41F2N3O3.H2/c1-22(2)33(41)32(23-8-4-3-5-9-23)39-17-15-28-27(11-6-12-29(28)34(39)42)25-10-7-16-38(21-25)31(40)20-37-19-24-13-14-26(35)18-30(24)36;/h6,11-15,17-18,22-23,25,32,37H,3-5,7-10,16,19-21H2,1-2H3;1H/t25?,32-;/m1./s1. The van der Waals surface area contributed by atoms with E-state index in [2.05, 4.69) is 5.32 Å². The van der Waals surface area contributed by atoms with Crippen LogP contribution in [0.1, 0.15) is 83.3 Å². The maximum absolute atomic E-state index is 13.9. The summed E-state index contributed by atoms with van der Waals surface area (Å²) in [6, 6.07) is 10.8. The molecule has 0 radical (unpaired) electrons. The van der Waals surface area contributed by atoms with Crippen LogP contribution >= 0.6 is 0 Å². The molecule has 1 N–H and O–H groups in total. The van der Waals surface area contributed by atoms with Crippen LogP contribution in [0.15, 0.2) is 53.5 Å². The molecular formula is C34H43F2N3O3. The number of likely N-dealkylation sites (tertiary alicyclic amines) is 1. The fourth-order valence-electron chi connectivity index (χ4n) is 6.82. The summed E-state index contributed by atoms with van der Waals surface area (Å²) in [4.78, 5) is 42.2. The molecule has 1 aromatic heterocycles. The lowest BCUT2D eigenvalue weighted by Gasteiger charge is -2.34. The van der Waals surface area contributed by atoms with Crippen molar-refractivity contribution in [3.8, 4) is 0 Å². The molecule has 8 heteroatoms. The predicted molar refractivity (Wildman–Crippen MR) is 162 cm³/mol. The average Bonchev–Trinajstić information content (AvgIpc) is 2.99. The summed E-state index contributed by atoms with van der Waals surface area (Å²) in [5.74, 6) is -1.13. The van der Waals surface area contributed by atoms with Crippen LogP contribution in [0.5, 0.6) is 0 Å². The molecule has 42 heavy (non-hydrogen) atoms. The van der Waals surface area contributed by atoms with E-state index in [9.17, 15) is 23.2 Å². The third kappa shape index (κ3) is 6.48. The van der Waals surface area contributed by atoms with E-state index in [4.69, 9.17) is 0 Å². The highest BCUT2D eigenvalue weighted by atomic mass is 19.1. The van der Waals surface area contributed by atoms with Crippen molar-refractivity contribution < 1.29 is 19.8 Å². The van der Waals surface area contributed by atoms with Crippen molar-refractivity contribution in [2.45, 2.75) is 77.3 Å². The van der Waals surface area contributed by atoms with Crippen molar-refractivity contribution in [1.82, 2.24) is 14.8 Å². The fourth-order valence-corrected chi connectivity index (χ4v) is 6.82. The molecule has 2 aromatic carbocycles. The highest BCUT2D eigenvalue weighted by molar-refractivity contribution is 5.88. The molecule has 6 nitrogen and oxygen atoms in total. The number of carbonyl (C=O) groups is 2. The van der Waals surface area contributed by atoms with Gasteiger partial charge in [-0.05, 0) is 60.7 Å². The van der Waals surface area contributed by atoms with Gasteiger partial charge in [0.15, 0.2) is 5.78 Å². The molecule has 2 heterocycles. The van der Waals surface area contributed by atoms with Gasteiger partial charge in [0, 0.05) is 56.1 Å². The summed E-state index contributed by atoms with van der Waals surface area (Å²) in [6.07, 6.45) is 8.85. The number of pyridine rings is 1. The third-order valence-corrected chi connectivity index (χ3v) is 9.08. The Labute approximate surface area is 247 Å². The van der Waals surface area contributed by atoms with Crippen molar-refractivity contribution in [3.63, 3.8) is 0 Å². The number of ketones is 1. The van der Waals surface area contributed by atoms with Gasteiger partial charge in [0.25, 0.3) is 5.56 Å². The van der Waals surface area contributed by atoms with Gasteiger partial charge < -0.3 is 14.8 Å². The van der Waals surface area contributed by atoms with E-state index in [-0.39, 0.29) is 49.5 Å². The average molecular weight is 580 g/mol. The Balaban J connectivity index is 0.00000423. The molecule has 1 amide bonds. The van der Waals surface area contributed by atoms with Gasteiger partial charge in [-0.2, -0.15) is 0 Å². The lowest BCUT2D eigenvalue weighted by atomic mass is 9.80. The summed E-state index contributed by atoms with van der Waals surface area (Å²) in [5, 5.41) is 4.47.